The summed E-state index contributed by atoms with van der Waals surface area (Å²) in [4.78, 5) is 0. The van der Waals surface area contributed by atoms with Crippen LogP contribution >= 0.6 is 0 Å². The molecule has 1 aliphatic rings. The fourth-order valence-corrected chi connectivity index (χ4v) is 1.31. The third kappa shape index (κ3) is 1.16. The molecule has 1 rings (SSSR count). The largest absolute Gasteiger partial charge is 0.366 e. The van der Waals surface area contributed by atoms with Gasteiger partial charge in [0.15, 0.2) is 12.5 Å². The molecule has 0 saturated carbocycles. The highest BCUT2D eigenvalue weighted by atomic mass is 19.1. The van der Waals surface area contributed by atoms with Crippen molar-refractivity contribution >= 4 is 0 Å². The van der Waals surface area contributed by atoms with Gasteiger partial charge in [-0.3, -0.25) is 0 Å². The summed E-state index contributed by atoms with van der Waals surface area (Å²) in [5.41, 5.74) is 0. The van der Waals surface area contributed by atoms with Crippen LogP contribution in [0.25, 0.3) is 0 Å². The van der Waals surface area contributed by atoms with Crippen LogP contribution in [-0.4, -0.2) is 23.7 Å². The molecule has 60 valence electrons. The lowest BCUT2D eigenvalue weighted by molar-refractivity contribution is -0.112. The van der Waals surface area contributed by atoms with Crippen LogP contribution < -0.4 is 0 Å². The van der Waals surface area contributed by atoms with Crippen molar-refractivity contribution in [3.63, 3.8) is 0 Å². The first-order chi connectivity index (χ1) is 4.66. The monoisotopic (exact) mass is 148 g/mol. The average Bonchev–Trinajstić information content (AvgIpc) is 2.17. The van der Waals surface area contributed by atoms with Crippen LogP contribution in [0.4, 0.5) is 4.39 Å². The van der Waals surface area contributed by atoms with E-state index >= 15 is 0 Å². The Morgan fingerprint density at radius 2 is 2.20 bits per heavy atom. The minimum atomic E-state index is -1.20. The molecule has 0 bridgehead atoms. The highest BCUT2D eigenvalue weighted by molar-refractivity contribution is 4.82. The number of hydrogen-bond donors (Lipinski definition) is 1. The molecule has 0 aromatic rings. The van der Waals surface area contributed by atoms with E-state index < -0.39 is 12.5 Å². The van der Waals surface area contributed by atoms with Gasteiger partial charge in [-0.2, -0.15) is 0 Å². The topological polar surface area (TPSA) is 29.5 Å². The molecule has 1 aliphatic heterocycles. The summed E-state index contributed by atoms with van der Waals surface area (Å²) in [5.74, 6) is -0.167. The molecule has 0 amide bonds. The lowest BCUT2D eigenvalue weighted by Gasteiger charge is -2.10. The van der Waals surface area contributed by atoms with Crippen molar-refractivity contribution in [2.75, 3.05) is 0 Å². The zero-order valence-electron chi connectivity index (χ0n) is 6.25. The van der Waals surface area contributed by atoms with Gasteiger partial charge in [-0.05, 0) is 6.42 Å². The number of aliphatic hydroxyl groups is 1. The van der Waals surface area contributed by atoms with E-state index in [2.05, 4.69) is 0 Å². The quantitative estimate of drug-likeness (QED) is 0.603. The van der Waals surface area contributed by atoms with Crippen molar-refractivity contribution in [2.45, 2.75) is 38.8 Å². The second kappa shape index (κ2) is 2.84. The molecule has 0 radical (unpaired) electrons. The Morgan fingerprint density at radius 3 is 2.40 bits per heavy atom. The zero-order valence-corrected chi connectivity index (χ0v) is 6.25. The summed E-state index contributed by atoms with van der Waals surface area (Å²) in [6, 6.07) is 0. The Hall–Kier alpha value is -0.150. The van der Waals surface area contributed by atoms with Crippen LogP contribution in [0.3, 0.4) is 0 Å². The molecule has 4 atom stereocenters. The molecule has 10 heavy (non-hydrogen) atoms. The van der Waals surface area contributed by atoms with E-state index in [1.165, 1.54) is 0 Å². The first-order valence-electron chi connectivity index (χ1n) is 3.64. The molecule has 0 aromatic heterocycles. The average molecular weight is 148 g/mol. The third-order valence-electron chi connectivity index (χ3n) is 2.08. The summed E-state index contributed by atoms with van der Waals surface area (Å²) >= 11 is 0. The van der Waals surface area contributed by atoms with Gasteiger partial charge in [0.25, 0.3) is 0 Å². The number of hydrogen-bond acceptors (Lipinski definition) is 2. The Morgan fingerprint density at radius 1 is 1.60 bits per heavy atom. The van der Waals surface area contributed by atoms with Gasteiger partial charge >= 0.3 is 0 Å². The first-order valence-corrected chi connectivity index (χ1v) is 3.64. The van der Waals surface area contributed by atoms with Crippen LogP contribution in [0.15, 0.2) is 0 Å². The predicted molar refractivity (Wildman–Crippen MR) is 35.2 cm³/mol. The van der Waals surface area contributed by atoms with Gasteiger partial charge in [0.2, 0.25) is 0 Å². The van der Waals surface area contributed by atoms with E-state index in [-0.39, 0.29) is 12.0 Å². The van der Waals surface area contributed by atoms with E-state index in [0.29, 0.717) is 0 Å². The van der Waals surface area contributed by atoms with Crippen molar-refractivity contribution in [1.29, 1.82) is 0 Å². The summed E-state index contributed by atoms with van der Waals surface area (Å²) in [6.45, 7) is 3.68. The Balaban J connectivity index is 2.53. The summed E-state index contributed by atoms with van der Waals surface area (Å²) in [7, 11) is 0. The summed E-state index contributed by atoms with van der Waals surface area (Å²) in [5, 5.41) is 8.87. The van der Waals surface area contributed by atoms with Gasteiger partial charge in [0, 0.05) is 5.92 Å². The minimum absolute atomic E-state index is 0.106. The Bertz CT molecular complexity index is 118. The maximum Gasteiger partial charge on any atom is 0.186 e. The molecule has 2 nitrogen and oxygen atoms in total. The fourth-order valence-electron chi connectivity index (χ4n) is 1.31. The Labute approximate surface area is 60.0 Å². The second-order valence-electron chi connectivity index (χ2n) is 2.78. The number of rotatable bonds is 1. The number of halogens is 1. The standard InChI is InChI=1S/C7H13FO2/c1-3-5-4(2)6(8)7(9)10-5/h4-7,9H,3H2,1-2H3/t4-,5+,6?,7+/m0/s1. The number of aliphatic hydroxyl groups excluding tert-OH is 1. The summed E-state index contributed by atoms with van der Waals surface area (Å²) < 4.78 is 17.7. The molecule has 1 fully saturated rings. The molecule has 1 heterocycles. The lowest BCUT2D eigenvalue weighted by atomic mass is 10.0. The number of alkyl halides is 1. The van der Waals surface area contributed by atoms with Crippen LogP contribution in [-0.2, 0) is 4.74 Å². The molecular formula is C7H13FO2. The van der Waals surface area contributed by atoms with Gasteiger partial charge < -0.3 is 9.84 Å². The van der Waals surface area contributed by atoms with E-state index in [1.54, 1.807) is 6.92 Å². The van der Waals surface area contributed by atoms with Crippen molar-refractivity contribution in [2.24, 2.45) is 5.92 Å². The van der Waals surface area contributed by atoms with Gasteiger partial charge in [-0.15, -0.1) is 0 Å². The Kier molecular flexibility index (Phi) is 2.26. The normalized spacial score (nSPS) is 48.0. The van der Waals surface area contributed by atoms with Crippen LogP contribution in [0.2, 0.25) is 0 Å². The van der Waals surface area contributed by atoms with Crippen molar-refractivity contribution in [3.8, 4) is 0 Å². The van der Waals surface area contributed by atoms with E-state index in [4.69, 9.17) is 9.84 Å². The van der Waals surface area contributed by atoms with Gasteiger partial charge in [0.1, 0.15) is 0 Å². The van der Waals surface area contributed by atoms with Crippen molar-refractivity contribution in [1.82, 2.24) is 0 Å². The fraction of sp³-hybridized carbons (Fsp3) is 1.00. The smallest absolute Gasteiger partial charge is 0.186 e. The highest BCUT2D eigenvalue weighted by Crippen LogP contribution is 2.29. The van der Waals surface area contributed by atoms with Crippen LogP contribution in [0, 0.1) is 5.92 Å². The summed E-state index contributed by atoms with van der Waals surface area (Å²) in [6.07, 6.45) is -1.74. The second-order valence-corrected chi connectivity index (χ2v) is 2.78. The maximum atomic E-state index is 12.8. The molecular weight excluding hydrogens is 135 g/mol. The van der Waals surface area contributed by atoms with Gasteiger partial charge in [-0.25, -0.2) is 4.39 Å². The highest BCUT2D eigenvalue weighted by Gasteiger charge is 2.39. The molecule has 0 aromatic carbocycles. The molecule has 1 N–H and O–H groups in total. The molecule has 1 saturated heterocycles. The van der Waals surface area contributed by atoms with Crippen LogP contribution in [0.1, 0.15) is 20.3 Å². The molecule has 3 heteroatoms. The van der Waals surface area contributed by atoms with Crippen LogP contribution in [0.5, 0.6) is 0 Å². The molecule has 0 aliphatic carbocycles. The first kappa shape index (κ1) is 7.95. The lowest BCUT2D eigenvalue weighted by Crippen LogP contribution is -2.20. The van der Waals surface area contributed by atoms with Gasteiger partial charge in [-0.1, -0.05) is 13.8 Å². The molecule has 1 unspecified atom stereocenters. The predicted octanol–water partition coefficient (Wildman–Crippen LogP) is 1.09. The zero-order chi connectivity index (χ0) is 7.72. The van der Waals surface area contributed by atoms with Crippen molar-refractivity contribution < 1.29 is 14.2 Å². The SMILES string of the molecule is CC[C@H]1O[C@@H](O)C(F)[C@H]1C. The maximum absolute atomic E-state index is 12.8. The third-order valence-corrected chi connectivity index (χ3v) is 2.08. The van der Waals surface area contributed by atoms with E-state index in [9.17, 15) is 4.39 Å². The molecule has 0 spiro atoms. The minimum Gasteiger partial charge on any atom is -0.366 e. The van der Waals surface area contributed by atoms with Gasteiger partial charge in [0.05, 0.1) is 6.10 Å². The number of ether oxygens (including phenoxy) is 1. The van der Waals surface area contributed by atoms with E-state index in [1.807, 2.05) is 6.92 Å². The van der Waals surface area contributed by atoms with Crippen molar-refractivity contribution in [3.05, 3.63) is 0 Å². The van der Waals surface area contributed by atoms with E-state index in [0.717, 1.165) is 6.42 Å².